The van der Waals surface area contributed by atoms with Crippen molar-refractivity contribution in [1.82, 2.24) is 9.80 Å². The second-order valence-corrected chi connectivity index (χ2v) is 5.98. The van der Waals surface area contributed by atoms with Gasteiger partial charge in [0, 0.05) is 25.4 Å². The van der Waals surface area contributed by atoms with E-state index < -0.39 is 0 Å². The normalized spacial score (nSPS) is 26.6. The van der Waals surface area contributed by atoms with Crippen LogP contribution in [-0.2, 0) is 4.79 Å². The van der Waals surface area contributed by atoms with Crippen LogP contribution in [0.1, 0.15) is 38.5 Å². The maximum Gasteiger partial charge on any atom is 0.222 e. The number of rotatable bonds is 5. The van der Waals surface area contributed by atoms with E-state index in [-0.39, 0.29) is 0 Å². The summed E-state index contributed by atoms with van der Waals surface area (Å²) in [5.74, 6) is 1.31. The van der Waals surface area contributed by atoms with Crippen LogP contribution in [0.5, 0.6) is 0 Å². The second-order valence-electron chi connectivity index (χ2n) is 5.67. The highest BCUT2D eigenvalue weighted by Gasteiger charge is 2.28. The van der Waals surface area contributed by atoms with Crippen LogP contribution in [-0.4, -0.2) is 54.3 Å². The van der Waals surface area contributed by atoms with Crippen LogP contribution in [0.3, 0.4) is 0 Å². The van der Waals surface area contributed by atoms with Crippen LogP contribution in [0.25, 0.3) is 0 Å². The monoisotopic (exact) mass is 272 g/mol. The highest BCUT2D eigenvalue weighted by Crippen LogP contribution is 2.19. The van der Waals surface area contributed by atoms with Crippen LogP contribution >= 0.6 is 11.6 Å². The van der Waals surface area contributed by atoms with Crippen molar-refractivity contribution in [2.45, 2.75) is 38.5 Å². The lowest BCUT2D eigenvalue weighted by Crippen LogP contribution is -2.31. The predicted molar refractivity (Wildman–Crippen MR) is 74.9 cm³/mol. The zero-order valence-corrected chi connectivity index (χ0v) is 12.0. The van der Waals surface area contributed by atoms with Crippen LogP contribution in [0.2, 0.25) is 0 Å². The fraction of sp³-hybridized carbons (Fsp3) is 0.929. The van der Waals surface area contributed by atoms with E-state index in [0.29, 0.717) is 24.1 Å². The summed E-state index contributed by atoms with van der Waals surface area (Å²) in [6.07, 6.45) is 7.24. The van der Waals surface area contributed by atoms with Crippen LogP contribution in [0.4, 0.5) is 0 Å². The molecule has 1 atom stereocenters. The van der Waals surface area contributed by atoms with E-state index in [1.807, 2.05) is 4.90 Å². The average molecular weight is 273 g/mol. The van der Waals surface area contributed by atoms with Gasteiger partial charge in [-0.25, -0.2) is 0 Å². The predicted octanol–water partition coefficient (Wildman–Crippen LogP) is 2.34. The molecule has 1 unspecified atom stereocenters. The molecule has 2 heterocycles. The van der Waals surface area contributed by atoms with Crippen molar-refractivity contribution in [2.24, 2.45) is 5.92 Å². The highest BCUT2D eigenvalue weighted by atomic mass is 35.5. The fourth-order valence-corrected chi connectivity index (χ4v) is 3.23. The fourth-order valence-electron chi connectivity index (χ4n) is 3.02. The summed E-state index contributed by atoms with van der Waals surface area (Å²) in [7, 11) is 0. The van der Waals surface area contributed by atoms with E-state index in [9.17, 15) is 4.79 Å². The van der Waals surface area contributed by atoms with Crippen molar-refractivity contribution < 1.29 is 4.79 Å². The Morgan fingerprint density at radius 1 is 1.11 bits per heavy atom. The Balaban J connectivity index is 1.64. The van der Waals surface area contributed by atoms with Gasteiger partial charge in [-0.1, -0.05) is 12.8 Å². The van der Waals surface area contributed by atoms with Gasteiger partial charge in [-0.3, -0.25) is 4.79 Å². The van der Waals surface area contributed by atoms with Gasteiger partial charge in [0.15, 0.2) is 0 Å². The Kier molecular flexibility index (Phi) is 5.77. The number of halogens is 1. The molecular weight excluding hydrogens is 248 g/mol. The molecule has 1 amide bonds. The molecule has 4 heteroatoms. The number of likely N-dealkylation sites (tertiary alicyclic amines) is 2. The first-order valence-electron chi connectivity index (χ1n) is 7.35. The summed E-state index contributed by atoms with van der Waals surface area (Å²) in [6.45, 7) is 5.44. The minimum atomic E-state index is 0.302. The number of hydrogen-bond donors (Lipinski definition) is 0. The molecule has 2 saturated heterocycles. The molecule has 18 heavy (non-hydrogen) atoms. The third-order valence-corrected chi connectivity index (χ3v) is 4.55. The molecule has 0 saturated carbocycles. The minimum Gasteiger partial charge on any atom is -0.342 e. The molecule has 2 fully saturated rings. The van der Waals surface area contributed by atoms with Gasteiger partial charge in [-0.2, -0.15) is 0 Å². The third kappa shape index (κ3) is 4.13. The molecule has 0 spiro atoms. The van der Waals surface area contributed by atoms with E-state index in [1.165, 1.54) is 38.8 Å². The maximum atomic E-state index is 11.7. The molecule has 0 N–H and O–H groups in total. The summed E-state index contributed by atoms with van der Waals surface area (Å²) in [6, 6.07) is 0. The summed E-state index contributed by atoms with van der Waals surface area (Å²) in [5, 5.41) is 0. The minimum absolute atomic E-state index is 0.302. The maximum absolute atomic E-state index is 11.7. The summed E-state index contributed by atoms with van der Waals surface area (Å²) < 4.78 is 0. The number of nitrogens with zero attached hydrogens (tertiary/aromatic N) is 2. The van der Waals surface area contributed by atoms with Gasteiger partial charge in [0.1, 0.15) is 0 Å². The SMILES string of the molecule is O=C1CC(CCl)CN1CCCN1CCCCCC1. The average Bonchev–Trinajstić information content (AvgIpc) is 2.58. The Morgan fingerprint density at radius 2 is 1.83 bits per heavy atom. The van der Waals surface area contributed by atoms with E-state index in [1.54, 1.807) is 0 Å². The smallest absolute Gasteiger partial charge is 0.222 e. The van der Waals surface area contributed by atoms with E-state index >= 15 is 0 Å². The van der Waals surface area contributed by atoms with E-state index in [2.05, 4.69) is 4.90 Å². The van der Waals surface area contributed by atoms with Crippen LogP contribution < -0.4 is 0 Å². The number of hydrogen-bond acceptors (Lipinski definition) is 2. The topological polar surface area (TPSA) is 23.6 Å². The Labute approximate surface area is 115 Å². The van der Waals surface area contributed by atoms with Crippen molar-refractivity contribution in [3.8, 4) is 0 Å². The first-order chi connectivity index (χ1) is 8.79. The molecule has 3 nitrogen and oxygen atoms in total. The third-order valence-electron chi connectivity index (χ3n) is 4.11. The van der Waals surface area contributed by atoms with Crippen molar-refractivity contribution in [3.63, 3.8) is 0 Å². The molecular formula is C14H25ClN2O. The van der Waals surface area contributed by atoms with Gasteiger partial charge in [0.2, 0.25) is 5.91 Å². The molecule has 2 aliphatic rings. The lowest BCUT2D eigenvalue weighted by Gasteiger charge is -2.22. The van der Waals surface area contributed by atoms with Gasteiger partial charge < -0.3 is 9.80 Å². The van der Waals surface area contributed by atoms with Crippen LogP contribution in [0, 0.1) is 5.92 Å². The largest absolute Gasteiger partial charge is 0.342 e. The van der Waals surface area contributed by atoms with E-state index in [4.69, 9.17) is 11.6 Å². The molecule has 0 radical (unpaired) electrons. The number of amides is 1. The zero-order valence-electron chi connectivity index (χ0n) is 11.2. The molecule has 0 aliphatic carbocycles. The number of alkyl halides is 1. The molecule has 0 aromatic heterocycles. The molecule has 2 rings (SSSR count). The van der Waals surface area contributed by atoms with Crippen molar-refractivity contribution in [1.29, 1.82) is 0 Å². The quantitative estimate of drug-likeness (QED) is 0.718. The number of carbonyl (C=O) groups is 1. The standard InChI is InChI=1S/C14H25ClN2O/c15-11-13-10-14(18)17(12-13)9-5-8-16-6-3-1-2-4-7-16/h13H,1-12H2. The Bertz CT molecular complexity index is 265. The first kappa shape index (κ1) is 14.1. The summed E-state index contributed by atoms with van der Waals surface area (Å²) >= 11 is 5.83. The first-order valence-corrected chi connectivity index (χ1v) is 7.89. The van der Waals surface area contributed by atoms with Crippen molar-refractivity contribution in [2.75, 3.05) is 38.6 Å². The summed E-state index contributed by atoms with van der Waals surface area (Å²) in [4.78, 5) is 16.3. The highest BCUT2D eigenvalue weighted by molar-refractivity contribution is 6.18. The van der Waals surface area contributed by atoms with Crippen molar-refractivity contribution >= 4 is 17.5 Å². The second kappa shape index (κ2) is 7.34. The molecule has 0 aromatic rings. The lowest BCUT2D eigenvalue weighted by atomic mass is 10.1. The summed E-state index contributed by atoms with van der Waals surface area (Å²) in [5.41, 5.74) is 0. The molecule has 0 aromatic carbocycles. The van der Waals surface area contributed by atoms with Gasteiger partial charge in [0.05, 0.1) is 0 Å². The Hall–Kier alpha value is -0.280. The Morgan fingerprint density at radius 3 is 2.44 bits per heavy atom. The lowest BCUT2D eigenvalue weighted by molar-refractivity contribution is -0.127. The van der Waals surface area contributed by atoms with E-state index in [0.717, 1.165) is 26.1 Å². The molecule has 0 bridgehead atoms. The van der Waals surface area contributed by atoms with Gasteiger partial charge >= 0.3 is 0 Å². The number of carbonyl (C=O) groups excluding carboxylic acids is 1. The van der Waals surface area contributed by atoms with Gasteiger partial charge in [-0.15, -0.1) is 11.6 Å². The van der Waals surface area contributed by atoms with Gasteiger partial charge in [-0.05, 0) is 44.8 Å². The van der Waals surface area contributed by atoms with Crippen LogP contribution in [0.15, 0.2) is 0 Å². The van der Waals surface area contributed by atoms with Gasteiger partial charge in [0.25, 0.3) is 0 Å². The van der Waals surface area contributed by atoms with Crippen molar-refractivity contribution in [3.05, 3.63) is 0 Å². The molecule has 2 aliphatic heterocycles. The zero-order chi connectivity index (χ0) is 12.8. The molecule has 104 valence electrons.